The summed E-state index contributed by atoms with van der Waals surface area (Å²) < 4.78 is 1.77. The number of carbonyl (C=O) groups excluding carboxylic acids is 1. The Morgan fingerprint density at radius 1 is 1.00 bits per heavy atom. The van der Waals surface area contributed by atoms with E-state index in [2.05, 4.69) is 4.98 Å². The smallest absolute Gasteiger partial charge is 0.287 e. The third kappa shape index (κ3) is 4.47. The lowest BCUT2D eigenvalue weighted by Gasteiger charge is -2.01. The zero-order chi connectivity index (χ0) is 15.4. The van der Waals surface area contributed by atoms with Gasteiger partial charge in [0.1, 0.15) is 0 Å². The number of hydrogen-bond donors (Lipinski definition) is 0. The van der Waals surface area contributed by atoms with Crippen molar-refractivity contribution in [1.82, 2.24) is 4.98 Å². The van der Waals surface area contributed by atoms with Crippen molar-refractivity contribution < 1.29 is 9.36 Å². The number of ketones is 1. The number of rotatable bonds is 4. The number of aromatic nitrogens is 2. The van der Waals surface area contributed by atoms with E-state index >= 15 is 0 Å². The Hall–Kier alpha value is -2.04. The number of benzene rings is 2. The van der Waals surface area contributed by atoms with Gasteiger partial charge in [0.15, 0.2) is 12.2 Å². The Labute approximate surface area is 150 Å². The van der Waals surface area contributed by atoms with E-state index < -0.39 is 0 Å². The van der Waals surface area contributed by atoms with E-state index in [0.29, 0.717) is 10.6 Å². The molecule has 0 N–H and O–H groups in total. The largest absolute Gasteiger partial charge is 0.290 e. The molecule has 2 aromatic carbocycles. The Morgan fingerprint density at radius 3 is 2.30 bits per heavy atom. The fourth-order valence-corrected chi connectivity index (χ4v) is 2.28. The molecular formula is C18H15BrClN2O+. The second-order valence-corrected chi connectivity index (χ2v) is 5.35. The second kappa shape index (κ2) is 7.99. The summed E-state index contributed by atoms with van der Waals surface area (Å²) in [7, 11) is 0. The minimum absolute atomic E-state index is 0. The van der Waals surface area contributed by atoms with E-state index in [4.69, 9.17) is 11.6 Å². The first-order valence-electron chi connectivity index (χ1n) is 6.92. The van der Waals surface area contributed by atoms with Gasteiger partial charge in [0, 0.05) is 22.2 Å². The zero-order valence-corrected chi connectivity index (χ0v) is 14.7. The normalized spacial score (nSPS) is 9.96. The maximum Gasteiger partial charge on any atom is 0.287 e. The number of nitrogens with zero attached hydrogens (tertiary/aromatic N) is 2. The molecule has 23 heavy (non-hydrogen) atoms. The zero-order valence-electron chi connectivity index (χ0n) is 12.2. The van der Waals surface area contributed by atoms with Crippen molar-refractivity contribution >= 4 is 34.4 Å². The molecule has 0 radical (unpaired) electrons. The van der Waals surface area contributed by atoms with E-state index in [1.807, 2.05) is 42.6 Å². The van der Waals surface area contributed by atoms with Crippen molar-refractivity contribution in [3.05, 3.63) is 83.8 Å². The number of halogens is 2. The summed E-state index contributed by atoms with van der Waals surface area (Å²) in [4.78, 5) is 16.6. The average Bonchev–Trinajstić information content (AvgIpc) is 2.57. The molecule has 0 spiro atoms. The highest BCUT2D eigenvalue weighted by Crippen LogP contribution is 2.14. The maximum absolute atomic E-state index is 12.2. The second-order valence-electron chi connectivity index (χ2n) is 4.91. The van der Waals surface area contributed by atoms with Gasteiger partial charge in [-0.15, -0.1) is 17.0 Å². The quantitative estimate of drug-likeness (QED) is 0.495. The van der Waals surface area contributed by atoms with Gasteiger partial charge in [-0.2, -0.15) is 0 Å². The van der Waals surface area contributed by atoms with E-state index in [1.54, 1.807) is 35.2 Å². The van der Waals surface area contributed by atoms with Crippen LogP contribution in [0, 0.1) is 0 Å². The van der Waals surface area contributed by atoms with Gasteiger partial charge in [-0.3, -0.25) is 4.79 Å². The summed E-state index contributed by atoms with van der Waals surface area (Å²) in [6.45, 7) is 0.254. The first-order valence-corrected chi connectivity index (χ1v) is 7.29. The van der Waals surface area contributed by atoms with E-state index in [0.717, 1.165) is 11.3 Å². The molecule has 0 amide bonds. The average molecular weight is 391 g/mol. The highest BCUT2D eigenvalue weighted by Gasteiger charge is 2.11. The summed E-state index contributed by atoms with van der Waals surface area (Å²) in [5, 5.41) is 0.623. The number of hydrogen-bond acceptors (Lipinski definition) is 2. The van der Waals surface area contributed by atoms with E-state index in [-0.39, 0.29) is 29.3 Å². The lowest BCUT2D eigenvalue weighted by Crippen LogP contribution is -2.37. The molecule has 1 aromatic heterocycles. The molecule has 3 nitrogen and oxygen atoms in total. The standard InChI is InChI=1S/C18H14ClN2O.BrH/c19-16-8-6-15(7-9-16)18(22)12-21-11-10-17(20-13-21)14-4-2-1-3-5-14;/h1-11,13H,12H2;1H/q+1;. The van der Waals surface area contributed by atoms with Crippen LogP contribution < -0.4 is 4.57 Å². The molecule has 1 heterocycles. The van der Waals surface area contributed by atoms with Crippen LogP contribution in [-0.2, 0) is 6.54 Å². The summed E-state index contributed by atoms with van der Waals surface area (Å²) in [6, 6.07) is 18.7. The maximum atomic E-state index is 12.2. The van der Waals surface area contributed by atoms with Crippen LogP contribution in [0.3, 0.4) is 0 Å². The fraction of sp³-hybridized carbons (Fsp3) is 0.0556. The van der Waals surface area contributed by atoms with E-state index in [1.165, 1.54) is 0 Å². The molecule has 0 fully saturated rings. The molecule has 3 rings (SSSR count). The SMILES string of the molecule is Br.O=C(C[n+]1ccc(-c2ccccc2)nc1)c1ccc(Cl)cc1. The first-order chi connectivity index (χ1) is 10.7. The van der Waals surface area contributed by atoms with Crippen LogP contribution >= 0.6 is 28.6 Å². The van der Waals surface area contributed by atoms with Gasteiger partial charge in [0.25, 0.3) is 6.33 Å². The molecule has 3 aromatic rings. The van der Waals surface area contributed by atoms with Crippen LogP contribution in [-0.4, -0.2) is 10.8 Å². The minimum atomic E-state index is 0. The number of Topliss-reactive ketones (excluding diaryl/α,β-unsaturated/α-hetero) is 1. The molecule has 116 valence electrons. The van der Waals surface area contributed by atoms with Gasteiger partial charge in [-0.25, -0.2) is 4.57 Å². The summed E-state index contributed by atoms with van der Waals surface area (Å²) in [5.41, 5.74) is 2.58. The first kappa shape index (κ1) is 17.3. The molecule has 0 saturated carbocycles. The predicted molar refractivity (Wildman–Crippen MR) is 96.0 cm³/mol. The Bertz CT molecular complexity index is 774. The Morgan fingerprint density at radius 2 is 1.70 bits per heavy atom. The molecule has 0 aliphatic rings. The molecule has 5 heteroatoms. The number of carbonyl (C=O) groups is 1. The van der Waals surface area contributed by atoms with Gasteiger partial charge in [-0.05, 0) is 29.2 Å². The van der Waals surface area contributed by atoms with Crippen molar-refractivity contribution in [2.75, 3.05) is 0 Å². The highest BCUT2D eigenvalue weighted by atomic mass is 79.9. The summed E-state index contributed by atoms with van der Waals surface area (Å²) in [5.74, 6) is 0.0240. The summed E-state index contributed by atoms with van der Waals surface area (Å²) in [6.07, 6.45) is 3.54. The van der Waals surface area contributed by atoms with Gasteiger partial charge in [-0.1, -0.05) is 41.9 Å². The molecule has 0 unspecified atom stereocenters. The van der Waals surface area contributed by atoms with Gasteiger partial charge in [0.05, 0.1) is 6.20 Å². The van der Waals surface area contributed by atoms with Crippen molar-refractivity contribution in [3.8, 4) is 11.3 Å². The van der Waals surface area contributed by atoms with Crippen LogP contribution in [0.15, 0.2) is 73.2 Å². The fourth-order valence-electron chi connectivity index (χ4n) is 2.15. The Kier molecular flexibility index (Phi) is 6.02. The van der Waals surface area contributed by atoms with Crippen LogP contribution in [0.2, 0.25) is 5.02 Å². The van der Waals surface area contributed by atoms with Crippen molar-refractivity contribution in [3.63, 3.8) is 0 Å². The highest BCUT2D eigenvalue weighted by molar-refractivity contribution is 8.93. The van der Waals surface area contributed by atoms with Crippen LogP contribution in [0.1, 0.15) is 10.4 Å². The van der Waals surface area contributed by atoms with Crippen LogP contribution in [0.5, 0.6) is 0 Å². The van der Waals surface area contributed by atoms with Gasteiger partial charge in [0.2, 0.25) is 5.78 Å². The topological polar surface area (TPSA) is 33.8 Å². The molecule has 0 atom stereocenters. The van der Waals surface area contributed by atoms with Crippen molar-refractivity contribution in [2.45, 2.75) is 6.54 Å². The lowest BCUT2D eigenvalue weighted by molar-refractivity contribution is -0.686. The Balaban J connectivity index is 0.00000192. The third-order valence-corrected chi connectivity index (χ3v) is 3.58. The lowest BCUT2D eigenvalue weighted by atomic mass is 10.1. The van der Waals surface area contributed by atoms with Crippen LogP contribution in [0.4, 0.5) is 0 Å². The molecule has 0 aliphatic heterocycles. The third-order valence-electron chi connectivity index (χ3n) is 3.33. The van der Waals surface area contributed by atoms with Crippen molar-refractivity contribution in [1.29, 1.82) is 0 Å². The minimum Gasteiger partial charge on any atom is -0.290 e. The van der Waals surface area contributed by atoms with E-state index in [9.17, 15) is 4.79 Å². The molecule has 0 saturated heterocycles. The van der Waals surface area contributed by atoms with Gasteiger partial charge >= 0.3 is 0 Å². The molecular weight excluding hydrogens is 376 g/mol. The van der Waals surface area contributed by atoms with Gasteiger partial charge < -0.3 is 0 Å². The molecule has 0 bridgehead atoms. The predicted octanol–water partition coefficient (Wildman–Crippen LogP) is 4.15. The monoisotopic (exact) mass is 389 g/mol. The molecule has 0 aliphatic carbocycles. The van der Waals surface area contributed by atoms with Crippen LogP contribution in [0.25, 0.3) is 11.3 Å². The summed E-state index contributed by atoms with van der Waals surface area (Å²) >= 11 is 5.83. The van der Waals surface area contributed by atoms with Crippen molar-refractivity contribution in [2.24, 2.45) is 0 Å².